The number of pyridine rings is 1. The van der Waals surface area contributed by atoms with E-state index in [-0.39, 0.29) is 11.0 Å². The lowest BCUT2D eigenvalue weighted by atomic mass is 9.82. The van der Waals surface area contributed by atoms with Crippen LogP contribution in [0.2, 0.25) is 0 Å². The number of rotatable bonds is 5. The topological polar surface area (TPSA) is 51.0 Å². The fraction of sp³-hybridized carbons (Fsp3) is 0.435. The Labute approximate surface area is 176 Å². The zero-order valence-corrected chi connectivity index (χ0v) is 19.2. The van der Waals surface area contributed by atoms with Crippen LogP contribution in [0.5, 0.6) is 0 Å². The number of anilines is 1. The summed E-state index contributed by atoms with van der Waals surface area (Å²) in [6.45, 7) is 10.9. The van der Waals surface area contributed by atoms with Crippen molar-refractivity contribution in [2.24, 2.45) is 11.3 Å². The Balaban J connectivity index is 2.17. The van der Waals surface area contributed by atoms with E-state index < -0.39 is 0 Å². The van der Waals surface area contributed by atoms with Crippen LogP contribution in [0.3, 0.4) is 0 Å². The van der Waals surface area contributed by atoms with Crippen LogP contribution < -0.4 is 10.5 Å². The molecule has 3 aromatic heterocycles. The number of nitrogens with zero attached hydrogens (tertiary/aromatic N) is 4. The van der Waals surface area contributed by atoms with Crippen LogP contribution in [0.1, 0.15) is 41.0 Å². The molecule has 0 aliphatic heterocycles. The minimum atomic E-state index is -0.0459. The summed E-state index contributed by atoms with van der Waals surface area (Å²) in [4.78, 5) is 25.4. The number of aromatic nitrogens is 3. The molecular weight excluding hydrogens is 380 g/mol. The summed E-state index contributed by atoms with van der Waals surface area (Å²) in [6.07, 6.45) is 10.6. The monoisotopic (exact) mass is 410 g/mol. The molecule has 1 unspecified atom stereocenters. The van der Waals surface area contributed by atoms with Gasteiger partial charge >= 0.3 is 0 Å². The Morgan fingerprint density at radius 3 is 2.66 bits per heavy atom. The maximum atomic E-state index is 13.4. The van der Waals surface area contributed by atoms with Crippen LogP contribution in [0.15, 0.2) is 41.6 Å². The highest BCUT2D eigenvalue weighted by atomic mass is 32.1. The smallest absolute Gasteiger partial charge is 0.275 e. The summed E-state index contributed by atoms with van der Waals surface area (Å²) in [7, 11) is 3.98. The fourth-order valence-electron chi connectivity index (χ4n) is 3.08. The number of allylic oxidation sites excluding steroid dienone is 4. The van der Waals surface area contributed by atoms with Gasteiger partial charge in [0, 0.05) is 26.0 Å². The quantitative estimate of drug-likeness (QED) is 0.517. The van der Waals surface area contributed by atoms with Gasteiger partial charge in [-0.25, -0.2) is 9.97 Å². The third-order valence-electron chi connectivity index (χ3n) is 5.36. The average molecular weight is 411 g/mol. The zero-order chi connectivity index (χ0) is 21.3. The molecule has 0 N–H and O–H groups in total. The third-order valence-corrected chi connectivity index (χ3v) is 6.43. The highest BCUT2D eigenvalue weighted by Crippen LogP contribution is 2.35. The summed E-state index contributed by atoms with van der Waals surface area (Å²) in [5, 5.41) is 0.944. The van der Waals surface area contributed by atoms with Crippen LogP contribution in [-0.2, 0) is 0 Å². The van der Waals surface area contributed by atoms with Crippen LogP contribution in [0.4, 0.5) is 5.69 Å². The molecule has 0 aliphatic carbocycles. The van der Waals surface area contributed by atoms with E-state index >= 15 is 0 Å². The Hall–Kier alpha value is -2.47. The summed E-state index contributed by atoms with van der Waals surface area (Å²) in [5.41, 5.74) is 2.73. The zero-order valence-electron chi connectivity index (χ0n) is 18.4. The van der Waals surface area contributed by atoms with Crippen LogP contribution in [0.25, 0.3) is 26.1 Å². The highest BCUT2D eigenvalue weighted by molar-refractivity contribution is 7.25. The molecule has 1 atom stereocenters. The van der Waals surface area contributed by atoms with Gasteiger partial charge in [-0.15, -0.1) is 11.3 Å². The summed E-state index contributed by atoms with van der Waals surface area (Å²) >= 11 is 1.41. The summed E-state index contributed by atoms with van der Waals surface area (Å²) < 4.78 is 2.30. The maximum Gasteiger partial charge on any atom is 0.275 e. The molecule has 0 spiro atoms. The van der Waals surface area contributed by atoms with Crippen molar-refractivity contribution < 1.29 is 0 Å². The van der Waals surface area contributed by atoms with Gasteiger partial charge in [0.25, 0.3) is 5.56 Å². The minimum absolute atomic E-state index is 0.0459. The normalized spacial score (nSPS) is 14.2. The molecule has 0 saturated carbocycles. The van der Waals surface area contributed by atoms with Crippen molar-refractivity contribution in [1.82, 2.24) is 14.5 Å². The molecule has 0 aliphatic rings. The van der Waals surface area contributed by atoms with Gasteiger partial charge in [0.2, 0.25) is 0 Å². The first-order valence-corrected chi connectivity index (χ1v) is 10.8. The van der Waals surface area contributed by atoms with Crippen molar-refractivity contribution in [1.29, 1.82) is 0 Å². The lowest BCUT2D eigenvalue weighted by Crippen LogP contribution is -2.19. The van der Waals surface area contributed by atoms with Crippen molar-refractivity contribution in [3.8, 4) is 0 Å². The van der Waals surface area contributed by atoms with Gasteiger partial charge in [-0.3, -0.25) is 9.36 Å². The Bertz CT molecular complexity index is 1150. The standard InChI is InChI=1S/C23H30N4OS/c1-8-9-16(11-10-15(2)23(3,4)5)27-14-25-19-18-17(26(6)7)12-13-24-21(18)29-20(19)22(27)28/h9-15H,8H2,1-7H3/b11-10-,16-9+. The van der Waals surface area contributed by atoms with Crippen molar-refractivity contribution in [2.75, 3.05) is 19.0 Å². The second kappa shape index (κ2) is 8.11. The van der Waals surface area contributed by atoms with Crippen molar-refractivity contribution >= 4 is 43.2 Å². The number of hydrogen-bond donors (Lipinski definition) is 0. The van der Waals surface area contributed by atoms with Crippen molar-refractivity contribution in [3.63, 3.8) is 0 Å². The molecule has 0 bridgehead atoms. The minimum Gasteiger partial charge on any atom is -0.377 e. The van der Waals surface area contributed by atoms with E-state index in [1.807, 2.05) is 31.1 Å². The molecule has 5 nitrogen and oxygen atoms in total. The van der Waals surface area contributed by atoms with Gasteiger partial charge in [-0.05, 0) is 29.9 Å². The molecular formula is C23H30N4OS. The molecule has 0 saturated heterocycles. The van der Waals surface area contributed by atoms with Crippen molar-refractivity contribution in [3.05, 3.63) is 47.2 Å². The number of fused-ring (bicyclic) bond motifs is 3. The lowest BCUT2D eigenvalue weighted by molar-refractivity contribution is 0.314. The van der Waals surface area contributed by atoms with Gasteiger partial charge in [-0.1, -0.05) is 46.8 Å². The van der Waals surface area contributed by atoms with Gasteiger partial charge in [0.05, 0.1) is 16.6 Å². The predicted molar refractivity (Wildman–Crippen MR) is 126 cm³/mol. The van der Waals surface area contributed by atoms with Gasteiger partial charge in [0.15, 0.2) is 0 Å². The molecule has 29 heavy (non-hydrogen) atoms. The Kier molecular flexibility index (Phi) is 5.94. The lowest BCUT2D eigenvalue weighted by Gasteiger charge is -2.24. The third kappa shape index (κ3) is 4.13. The molecule has 3 rings (SSSR count). The molecule has 0 aromatic carbocycles. The van der Waals surface area contributed by atoms with E-state index in [0.717, 1.165) is 33.5 Å². The fourth-order valence-corrected chi connectivity index (χ4v) is 4.13. The van der Waals surface area contributed by atoms with E-state index in [2.05, 4.69) is 56.7 Å². The predicted octanol–water partition coefficient (Wildman–Crippen LogP) is 5.56. The first-order chi connectivity index (χ1) is 13.6. The van der Waals surface area contributed by atoms with Gasteiger partial charge in [0.1, 0.15) is 15.9 Å². The number of thiophene rings is 1. The molecule has 3 aromatic rings. The second-order valence-electron chi connectivity index (χ2n) is 8.66. The van der Waals surface area contributed by atoms with Crippen LogP contribution >= 0.6 is 11.3 Å². The largest absolute Gasteiger partial charge is 0.377 e. The second-order valence-corrected chi connectivity index (χ2v) is 9.65. The van der Waals surface area contributed by atoms with Crippen LogP contribution in [0, 0.1) is 11.3 Å². The highest BCUT2D eigenvalue weighted by Gasteiger charge is 2.19. The van der Waals surface area contributed by atoms with E-state index in [1.165, 1.54) is 11.3 Å². The Morgan fingerprint density at radius 1 is 1.31 bits per heavy atom. The maximum absolute atomic E-state index is 13.4. The first-order valence-electron chi connectivity index (χ1n) is 10.00. The molecule has 0 amide bonds. The summed E-state index contributed by atoms with van der Waals surface area (Å²) in [5.74, 6) is 0.381. The van der Waals surface area contributed by atoms with Gasteiger partial charge in [-0.2, -0.15) is 0 Å². The molecule has 3 heterocycles. The molecule has 0 radical (unpaired) electrons. The van der Waals surface area contributed by atoms with E-state index in [9.17, 15) is 4.79 Å². The molecule has 154 valence electrons. The van der Waals surface area contributed by atoms with E-state index in [0.29, 0.717) is 10.6 Å². The van der Waals surface area contributed by atoms with Crippen LogP contribution in [-0.4, -0.2) is 28.6 Å². The SMILES string of the molecule is CC/C=C(\C=C/C(C)C(C)(C)C)n1cnc2c(sc3nccc(N(C)C)c32)c1=O. The Morgan fingerprint density at radius 2 is 2.03 bits per heavy atom. The average Bonchev–Trinajstić information content (AvgIpc) is 3.04. The van der Waals surface area contributed by atoms with Crippen molar-refractivity contribution in [2.45, 2.75) is 41.0 Å². The van der Waals surface area contributed by atoms with Gasteiger partial charge < -0.3 is 4.90 Å². The van der Waals surface area contributed by atoms with E-state index in [1.54, 1.807) is 17.1 Å². The molecule has 0 fully saturated rings. The number of hydrogen-bond acceptors (Lipinski definition) is 5. The van der Waals surface area contributed by atoms with E-state index in [4.69, 9.17) is 0 Å². The first kappa shape index (κ1) is 21.2. The molecule has 6 heteroatoms. The summed E-state index contributed by atoms with van der Waals surface area (Å²) in [6, 6.07) is 1.96.